The molecule has 1 rings (SSSR count). The van der Waals surface area contributed by atoms with Crippen LogP contribution in [0.1, 0.15) is 32.0 Å². The number of ether oxygens (including phenoxy) is 1. The van der Waals surface area contributed by atoms with E-state index < -0.39 is 0 Å². The van der Waals surface area contributed by atoms with Gasteiger partial charge in [-0.3, -0.25) is 5.10 Å². The van der Waals surface area contributed by atoms with E-state index in [-0.39, 0.29) is 0 Å². The normalized spacial score (nSPS) is 8.75. The van der Waals surface area contributed by atoms with Gasteiger partial charge in [-0.1, -0.05) is 13.8 Å². The van der Waals surface area contributed by atoms with Crippen molar-refractivity contribution >= 4 is 0 Å². The number of aromatic amines is 1. The molecule has 0 saturated carbocycles. The van der Waals surface area contributed by atoms with E-state index in [0.29, 0.717) is 6.61 Å². The molecule has 0 aliphatic heterocycles. The Morgan fingerprint density at radius 3 is 2.25 bits per heavy atom. The molecule has 1 aromatic rings. The molecule has 0 saturated heterocycles. The van der Waals surface area contributed by atoms with E-state index in [1.807, 2.05) is 34.6 Å². The molecule has 1 heterocycles. The second kappa shape index (κ2) is 5.63. The second-order valence-corrected chi connectivity index (χ2v) is 2.21. The molecular weight excluding hydrogens is 152 g/mol. The first-order valence-electron chi connectivity index (χ1n) is 4.40. The molecule has 0 amide bonds. The minimum Gasteiger partial charge on any atom is -0.477 e. The Kier molecular flexibility index (Phi) is 5.17. The molecule has 0 atom stereocenters. The van der Waals surface area contributed by atoms with Gasteiger partial charge in [-0.2, -0.15) is 0 Å². The van der Waals surface area contributed by atoms with Gasteiger partial charge in [0.05, 0.1) is 6.61 Å². The SMILES string of the molecule is CC.CCOc1n[nH]c(C)c1C. The molecule has 0 aliphatic carbocycles. The van der Waals surface area contributed by atoms with Gasteiger partial charge in [0, 0.05) is 11.3 Å². The van der Waals surface area contributed by atoms with Crippen LogP contribution in [-0.4, -0.2) is 16.8 Å². The van der Waals surface area contributed by atoms with Gasteiger partial charge in [0.15, 0.2) is 0 Å². The van der Waals surface area contributed by atoms with Crippen LogP contribution in [0.4, 0.5) is 0 Å². The minimum atomic E-state index is 0.672. The van der Waals surface area contributed by atoms with Gasteiger partial charge in [-0.15, -0.1) is 5.10 Å². The molecule has 0 spiro atoms. The molecule has 0 unspecified atom stereocenters. The first kappa shape index (κ1) is 11.0. The molecule has 0 fully saturated rings. The van der Waals surface area contributed by atoms with Crippen LogP contribution in [0, 0.1) is 13.8 Å². The summed E-state index contributed by atoms with van der Waals surface area (Å²) >= 11 is 0. The van der Waals surface area contributed by atoms with E-state index in [2.05, 4.69) is 10.2 Å². The van der Waals surface area contributed by atoms with Crippen molar-refractivity contribution in [1.29, 1.82) is 0 Å². The standard InChI is InChI=1S/C7H12N2O.C2H6/c1-4-10-7-5(2)6(3)8-9-7;1-2/h4H2,1-3H3,(H,8,9);1-2H3. The average Bonchev–Trinajstić information content (AvgIpc) is 2.41. The first-order valence-corrected chi connectivity index (χ1v) is 4.40. The number of aromatic nitrogens is 2. The van der Waals surface area contributed by atoms with Gasteiger partial charge < -0.3 is 4.74 Å². The fourth-order valence-electron chi connectivity index (χ4n) is 0.740. The molecule has 3 nitrogen and oxygen atoms in total. The number of nitrogens with one attached hydrogen (secondary N) is 1. The van der Waals surface area contributed by atoms with Crippen LogP contribution in [0.25, 0.3) is 0 Å². The van der Waals surface area contributed by atoms with Gasteiger partial charge in [0.1, 0.15) is 0 Å². The average molecular weight is 170 g/mol. The number of hydrogen-bond acceptors (Lipinski definition) is 2. The maximum atomic E-state index is 5.22. The highest BCUT2D eigenvalue weighted by molar-refractivity contribution is 5.27. The van der Waals surface area contributed by atoms with Crippen LogP contribution >= 0.6 is 0 Å². The van der Waals surface area contributed by atoms with E-state index in [0.717, 1.165) is 17.1 Å². The third kappa shape index (κ3) is 2.57. The van der Waals surface area contributed by atoms with Crippen LogP contribution in [-0.2, 0) is 0 Å². The summed E-state index contributed by atoms with van der Waals surface area (Å²) in [7, 11) is 0. The fourth-order valence-corrected chi connectivity index (χ4v) is 0.740. The van der Waals surface area contributed by atoms with Crippen molar-refractivity contribution in [1.82, 2.24) is 10.2 Å². The summed E-state index contributed by atoms with van der Waals surface area (Å²) in [6.07, 6.45) is 0. The summed E-state index contributed by atoms with van der Waals surface area (Å²) in [6.45, 7) is 10.6. The Morgan fingerprint density at radius 2 is 1.92 bits per heavy atom. The molecule has 12 heavy (non-hydrogen) atoms. The Balaban J connectivity index is 0.000000561. The maximum Gasteiger partial charge on any atom is 0.235 e. The van der Waals surface area contributed by atoms with Gasteiger partial charge in [-0.25, -0.2) is 0 Å². The highest BCUT2D eigenvalue weighted by atomic mass is 16.5. The molecule has 3 heteroatoms. The zero-order valence-corrected chi connectivity index (χ0v) is 8.56. The lowest BCUT2D eigenvalue weighted by atomic mass is 10.3. The van der Waals surface area contributed by atoms with E-state index in [9.17, 15) is 0 Å². The van der Waals surface area contributed by atoms with Crippen LogP contribution < -0.4 is 4.74 Å². The van der Waals surface area contributed by atoms with Gasteiger partial charge >= 0.3 is 0 Å². The van der Waals surface area contributed by atoms with E-state index in [1.54, 1.807) is 0 Å². The zero-order chi connectivity index (χ0) is 9.56. The van der Waals surface area contributed by atoms with E-state index in [1.165, 1.54) is 0 Å². The Morgan fingerprint density at radius 1 is 1.33 bits per heavy atom. The summed E-state index contributed by atoms with van der Waals surface area (Å²) in [5, 5.41) is 6.80. The van der Waals surface area contributed by atoms with Crippen LogP contribution in [0.5, 0.6) is 5.88 Å². The van der Waals surface area contributed by atoms with Crippen molar-refractivity contribution in [3.05, 3.63) is 11.3 Å². The van der Waals surface area contributed by atoms with Crippen molar-refractivity contribution in [3.63, 3.8) is 0 Å². The Hall–Kier alpha value is -0.990. The van der Waals surface area contributed by atoms with Gasteiger partial charge in [0.2, 0.25) is 5.88 Å². The van der Waals surface area contributed by atoms with E-state index in [4.69, 9.17) is 4.74 Å². The number of rotatable bonds is 2. The molecule has 70 valence electrons. The Labute approximate surface area is 74.1 Å². The minimum absolute atomic E-state index is 0.672. The summed E-state index contributed by atoms with van der Waals surface area (Å²) in [5.74, 6) is 0.722. The summed E-state index contributed by atoms with van der Waals surface area (Å²) in [6, 6.07) is 0. The van der Waals surface area contributed by atoms with Gasteiger partial charge in [0.25, 0.3) is 0 Å². The number of nitrogens with zero attached hydrogens (tertiary/aromatic N) is 1. The number of aryl methyl sites for hydroxylation is 1. The molecule has 1 aromatic heterocycles. The lowest BCUT2D eigenvalue weighted by Gasteiger charge is -1.97. The zero-order valence-electron chi connectivity index (χ0n) is 8.56. The molecule has 1 N–H and O–H groups in total. The number of hydrogen-bond donors (Lipinski definition) is 1. The van der Waals surface area contributed by atoms with Gasteiger partial charge in [-0.05, 0) is 20.8 Å². The molecule has 0 bridgehead atoms. The van der Waals surface area contributed by atoms with Crippen molar-refractivity contribution in [2.45, 2.75) is 34.6 Å². The monoisotopic (exact) mass is 170 g/mol. The number of H-pyrrole nitrogens is 1. The lowest BCUT2D eigenvalue weighted by molar-refractivity contribution is 0.324. The van der Waals surface area contributed by atoms with Crippen molar-refractivity contribution < 1.29 is 4.74 Å². The second-order valence-electron chi connectivity index (χ2n) is 2.21. The molecular formula is C9H18N2O. The van der Waals surface area contributed by atoms with Crippen LogP contribution in [0.2, 0.25) is 0 Å². The summed E-state index contributed by atoms with van der Waals surface area (Å²) in [5.41, 5.74) is 2.17. The summed E-state index contributed by atoms with van der Waals surface area (Å²) in [4.78, 5) is 0. The third-order valence-corrected chi connectivity index (χ3v) is 1.49. The molecule has 0 radical (unpaired) electrons. The maximum absolute atomic E-state index is 5.22. The third-order valence-electron chi connectivity index (χ3n) is 1.49. The molecule has 0 aromatic carbocycles. The smallest absolute Gasteiger partial charge is 0.235 e. The predicted molar refractivity (Wildman–Crippen MR) is 50.6 cm³/mol. The van der Waals surface area contributed by atoms with Crippen molar-refractivity contribution in [2.75, 3.05) is 6.61 Å². The van der Waals surface area contributed by atoms with E-state index >= 15 is 0 Å². The predicted octanol–water partition coefficient (Wildman–Crippen LogP) is 2.45. The largest absolute Gasteiger partial charge is 0.477 e. The highest BCUT2D eigenvalue weighted by Crippen LogP contribution is 2.15. The van der Waals surface area contributed by atoms with Crippen molar-refractivity contribution in [3.8, 4) is 5.88 Å². The fraction of sp³-hybridized carbons (Fsp3) is 0.667. The summed E-state index contributed by atoms with van der Waals surface area (Å²) < 4.78 is 5.22. The van der Waals surface area contributed by atoms with Crippen LogP contribution in [0.15, 0.2) is 0 Å². The van der Waals surface area contributed by atoms with Crippen molar-refractivity contribution in [2.24, 2.45) is 0 Å². The highest BCUT2D eigenvalue weighted by Gasteiger charge is 2.03. The van der Waals surface area contributed by atoms with Crippen LogP contribution in [0.3, 0.4) is 0 Å². The lowest BCUT2D eigenvalue weighted by Crippen LogP contribution is -1.92. The topological polar surface area (TPSA) is 37.9 Å². The quantitative estimate of drug-likeness (QED) is 0.740. The Bertz CT molecular complexity index is 218. The first-order chi connectivity index (χ1) is 5.75. The molecule has 0 aliphatic rings.